The standard InChI is InChI=1S/C26H34/c1-2-3-4-5-6-7-8-9-12-20-15-16-24-22(17-20)19-26-23-14-11-10-13-21(23)18-25(24)26/h10-11,13-17,25-26H,2-9,12,18-19H2,1H3. The van der Waals surface area contributed by atoms with Crippen molar-refractivity contribution in [1.29, 1.82) is 0 Å². The van der Waals surface area contributed by atoms with E-state index in [1.807, 2.05) is 0 Å². The minimum atomic E-state index is 0.750. The van der Waals surface area contributed by atoms with Gasteiger partial charge in [0.05, 0.1) is 0 Å². The summed E-state index contributed by atoms with van der Waals surface area (Å²) in [6.07, 6.45) is 15.1. The van der Waals surface area contributed by atoms with E-state index in [1.165, 1.54) is 70.6 Å². The fourth-order valence-corrected chi connectivity index (χ4v) is 5.31. The molecule has 0 aliphatic heterocycles. The molecule has 0 N–H and O–H groups in total. The van der Waals surface area contributed by atoms with Crippen LogP contribution in [0.3, 0.4) is 0 Å². The average Bonchev–Trinajstić information content (AvgIpc) is 3.19. The molecular formula is C26H34. The predicted octanol–water partition coefficient (Wildman–Crippen LogP) is 7.35. The molecule has 0 bridgehead atoms. The first kappa shape index (κ1) is 17.8. The number of fused-ring (bicyclic) bond motifs is 5. The number of hydrogen-bond acceptors (Lipinski definition) is 0. The Morgan fingerprint density at radius 3 is 2.15 bits per heavy atom. The van der Waals surface area contributed by atoms with Crippen LogP contribution in [0.4, 0.5) is 0 Å². The lowest BCUT2D eigenvalue weighted by Gasteiger charge is -2.10. The zero-order chi connectivity index (χ0) is 17.8. The molecule has 2 aromatic rings. The van der Waals surface area contributed by atoms with Crippen LogP contribution >= 0.6 is 0 Å². The van der Waals surface area contributed by atoms with Crippen LogP contribution in [0.1, 0.15) is 97.9 Å². The quantitative estimate of drug-likeness (QED) is 0.416. The maximum atomic E-state index is 2.54. The minimum Gasteiger partial charge on any atom is -0.0654 e. The van der Waals surface area contributed by atoms with E-state index in [-0.39, 0.29) is 0 Å². The molecule has 0 heteroatoms. The average molecular weight is 347 g/mol. The zero-order valence-electron chi connectivity index (χ0n) is 16.5. The van der Waals surface area contributed by atoms with Crippen LogP contribution in [0.15, 0.2) is 42.5 Å². The fraction of sp³-hybridized carbons (Fsp3) is 0.538. The first-order valence-electron chi connectivity index (χ1n) is 11.1. The Morgan fingerprint density at radius 1 is 0.692 bits per heavy atom. The Hall–Kier alpha value is -1.56. The van der Waals surface area contributed by atoms with E-state index in [0.29, 0.717) is 0 Å². The molecule has 0 heterocycles. The summed E-state index contributed by atoms with van der Waals surface area (Å²) in [5, 5.41) is 0. The summed E-state index contributed by atoms with van der Waals surface area (Å²) in [7, 11) is 0. The van der Waals surface area contributed by atoms with Crippen LogP contribution in [-0.2, 0) is 19.3 Å². The van der Waals surface area contributed by atoms with Gasteiger partial charge in [-0.15, -0.1) is 0 Å². The lowest BCUT2D eigenvalue weighted by molar-refractivity contribution is 0.575. The van der Waals surface area contributed by atoms with E-state index in [2.05, 4.69) is 49.4 Å². The summed E-state index contributed by atoms with van der Waals surface area (Å²) in [6, 6.07) is 16.6. The Balaban J connectivity index is 1.27. The van der Waals surface area contributed by atoms with Crippen molar-refractivity contribution in [2.45, 2.75) is 89.4 Å². The van der Waals surface area contributed by atoms with Gasteiger partial charge < -0.3 is 0 Å². The highest BCUT2D eigenvalue weighted by atomic mass is 14.4. The first-order valence-corrected chi connectivity index (χ1v) is 11.1. The second-order valence-electron chi connectivity index (χ2n) is 8.58. The highest BCUT2D eigenvalue weighted by molar-refractivity contribution is 5.50. The number of hydrogen-bond donors (Lipinski definition) is 0. The summed E-state index contributed by atoms with van der Waals surface area (Å²) in [4.78, 5) is 0. The smallest absolute Gasteiger partial charge is 0.00465 e. The monoisotopic (exact) mass is 346 g/mol. The summed E-state index contributed by atoms with van der Waals surface area (Å²) in [6.45, 7) is 2.29. The van der Waals surface area contributed by atoms with Crippen molar-refractivity contribution in [3.8, 4) is 0 Å². The van der Waals surface area contributed by atoms with Gasteiger partial charge in [0.2, 0.25) is 0 Å². The number of benzene rings is 2. The van der Waals surface area contributed by atoms with Crippen molar-refractivity contribution < 1.29 is 0 Å². The second-order valence-corrected chi connectivity index (χ2v) is 8.58. The van der Waals surface area contributed by atoms with Gasteiger partial charge in [-0.25, -0.2) is 0 Å². The van der Waals surface area contributed by atoms with Crippen molar-refractivity contribution in [3.05, 3.63) is 70.3 Å². The van der Waals surface area contributed by atoms with E-state index in [9.17, 15) is 0 Å². The van der Waals surface area contributed by atoms with Gasteiger partial charge in [-0.05, 0) is 65.3 Å². The van der Waals surface area contributed by atoms with Crippen molar-refractivity contribution >= 4 is 0 Å². The van der Waals surface area contributed by atoms with Gasteiger partial charge in [0.1, 0.15) is 0 Å². The molecule has 0 amide bonds. The minimum absolute atomic E-state index is 0.750. The third kappa shape index (κ3) is 3.75. The molecular weight excluding hydrogens is 312 g/mol. The Bertz CT molecular complexity index is 727. The van der Waals surface area contributed by atoms with Crippen molar-refractivity contribution in [2.24, 2.45) is 0 Å². The van der Waals surface area contributed by atoms with Crippen LogP contribution in [0.25, 0.3) is 0 Å². The van der Waals surface area contributed by atoms with Gasteiger partial charge >= 0.3 is 0 Å². The molecule has 0 nitrogen and oxygen atoms in total. The second kappa shape index (κ2) is 8.42. The molecule has 0 saturated carbocycles. The van der Waals surface area contributed by atoms with E-state index < -0.39 is 0 Å². The maximum Gasteiger partial charge on any atom is -0.00465 e. The number of unbranched alkanes of at least 4 members (excludes halogenated alkanes) is 7. The largest absolute Gasteiger partial charge is 0.0654 e. The summed E-state index contributed by atoms with van der Waals surface area (Å²) >= 11 is 0. The van der Waals surface area contributed by atoms with Crippen LogP contribution in [0.2, 0.25) is 0 Å². The van der Waals surface area contributed by atoms with E-state index in [0.717, 1.165) is 11.8 Å². The molecule has 2 aliphatic carbocycles. The van der Waals surface area contributed by atoms with Gasteiger partial charge in [0.25, 0.3) is 0 Å². The molecule has 26 heavy (non-hydrogen) atoms. The maximum absolute atomic E-state index is 2.54. The van der Waals surface area contributed by atoms with Gasteiger partial charge in [-0.2, -0.15) is 0 Å². The molecule has 0 radical (unpaired) electrons. The molecule has 2 atom stereocenters. The molecule has 0 fully saturated rings. The van der Waals surface area contributed by atoms with Crippen LogP contribution in [0.5, 0.6) is 0 Å². The molecule has 2 aromatic carbocycles. The first-order chi connectivity index (χ1) is 12.9. The molecule has 0 spiro atoms. The molecule has 2 aliphatic rings. The lowest BCUT2D eigenvalue weighted by Crippen LogP contribution is -1.98. The van der Waals surface area contributed by atoms with Gasteiger partial charge in [0, 0.05) is 0 Å². The van der Waals surface area contributed by atoms with Crippen molar-refractivity contribution in [3.63, 3.8) is 0 Å². The summed E-state index contributed by atoms with van der Waals surface area (Å²) < 4.78 is 0. The van der Waals surface area contributed by atoms with E-state index >= 15 is 0 Å². The summed E-state index contributed by atoms with van der Waals surface area (Å²) in [5.74, 6) is 1.50. The van der Waals surface area contributed by atoms with Crippen molar-refractivity contribution in [1.82, 2.24) is 0 Å². The van der Waals surface area contributed by atoms with Gasteiger partial charge in [-0.1, -0.05) is 94.3 Å². The predicted molar refractivity (Wildman–Crippen MR) is 112 cm³/mol. The molecule has 0 saturated heterocycles. The third-order valence-electron chi connectivity index (χ3n) is 6.75. The Morgan fingerprint density at radius 2 is 1.35 bits per heavy atom. The third-order valence-corrected chi connectivity index (χ3v) is 6.75. The summed E-state index contributed by atoms with van der Waals surface area (Å²) in [5.41, 5.74) is 8.08. The topological polar surface area (TPSA) is 0 Å². The van der Waals surface area contributed by atoms with Gasteiger partial charge in [0.15, 0.2) is 0 Å². The highest BCUT2D eigenvalue weighted by Crippen LogP contribution is 2.51. The fourth-order valence-electron chi connectivity index (χ4n) is 5.31. The number of rotatable bonds is 9. The lowest BCUT2D eigenvalue weighted by atomic mass is 9.93. The molecule has 138 valence electrons. The SMILES string of the molecule is CCCCCCCCCCc1ccc2c(c1)CC1c3ccccc3CC21. The normalized spacial score (nSPS) is 20.0. The van der Waals surface area contributed by atoms with Crippen LogP contribution < -0.4 is 0 Å². The number of aryl methyl sites for hydroxylation is 1. The van der Waals surface area contributed by atoms with Crippen molar-refractivity contribution in [2.75, 3.05) is 0 Å². The Kier molecular flexibility index (Phi) is 5.78. The Labute approximate surface area is 160 Å². The van der Waals surface area contributed by atoms with Gasteiger partial charge in [-0.3, -0.25) is 0 Å². The van der Waals surface area contributed by atoms with E-state index in [4.69, 9.17) is 0 Å². The molecule has 0 aromatic heterocycles. The van der Waals surface area contributed by atoms with Crippen LogP contribution in [-0.4, -0.2) is 0 Å². The van der Waals surface area contributed by atoms with E-state index in [1.54, 1.807) is 27.8 Å². The molecule has 4 rings (SSSR count). The van der Waals surface area contributed by atoms with Crippen LogP contribution in [0, 0.1) is 0 Å². The molecule has 2 unspecified atom stereocenters. The zero-order valence-corrected chi connectivity index (χ0v) is 16.5. The highest BCUT2D eigenvalue weighted by Gasteiger charge is 2.39.